The van der Waals surface area contributed by atoms with E-state index in [4.69, 9.17) is 4.74 Å². The first-order chi connectivity index (χ1) is 16.6. The van der Waals surface area contributed by atoms with Crippen molar-refractivity contribution in [2.75, 3.05) is 13.1 Å². The molecule has 9 heteroatoms. The minimum Gasteiger partial charge on any atom is -0.482 e. The number of ether oxygens (including phenoxy) is 1. The van der Waals surface area contributed by atoms with E-state index in [2.05, 4.69) is 37.3 Å². The fourth-order valence-corrected chi connectivity index (χ4v) is 4.90. The van der Waals surface area contributed by atoms with Crippen LogP contribution in [-0.2, 0) is 0 Å². The third-order valence-electron chi connectivity index (χ3n) is 6.95. The molecule has 176 valence electrons. The van der Waals surface area contributed by atoms with Gasteiger partial charge in [0.1, 0.15) is 28.9 Å². The van der Waals surface area contributed by atoms with Gasteiger partial charge in [0.05, 0.1) is 29.8 Å². The van der Waals surface area contributed by atoms with Gasteiger partial charge in [-0.1, -0.05) is 5.21 Å². The molecule has 1 atom stereocenters. The van der Waals surface area contributed by atoms with Crippen molar-refractivity contribution in [3.05, 3.63) is 59.6 Å². The number of nitrogens with zero attached hydrogens (tertiary/aromatic N) is 6. The highest BCUT2D eigenvalue weighted by atomic mass is 19.1. The summed E-state index contributed by atoms with van der Waals surface area (Å²) in [6.07, 6.45) is 9.25. The van der Waals surface area contributed by atoms with Crippen molar-refractivity contribution in [3.63, 3.8) is 0 Å². The van der Waals surface area contributed by atoms with Crippen LogP contribution in [0.1, 0.15) is 67.6 Å². The second kappa shape index (κ2) is 8.47. The second-order valence-electron chi connectivity index (χ2n) is 9.37. The minimum absolute atomic E-state index is 0.354. The van der Waals surface area contributed by atoms with Crippen LogP contribution in [0.25, 0.3) is 16.8 Å². The van der Waals surface area contributed by atoms with Gasteiger partial charge >= 0.3 is 0 Å². The molecule has 0 unspecified atom stereocenters. The second-order valence-corrected chi connectivity index (χ2v) is 9.37. The molecule has 34 heavy (non-hydrogen) atoms. The van der Waals surface area contributed by atoms with Gasteiger partial charge < -0.3 is 10.1 Å². The van der Waals surface area contributed by atoms with Crippen LogP contribution in [0.2, 0.25) is 0 Å². The molecule has 1 aliphatic heterocycles. The summed E-state index contributed by atoms with van der Waals surface area (Å²) in [6, 6.07) is 5.46. The average Bonchev–Trinajstić information content (AvgIpc) is 3.49. The SMILES string of the molecule is Cc1c(-c2cc(O[C@H](C)c3ccc(F)cn3)c3c(C4CC4)cnn3c2)nnn1C1CCNCC1. The molecule has 5 heterocycles. The zero-order valence-electron chi connectivity index (χ0n) is 19.4. The first-order valence-electron chi connectivity index (χ1n) is 12.0. The monoisotopic (exact) mass is 461 g/mol. The van der Waals surface area contributed by atoms with E-state index in [1.165, 1.54) is 30.7 Å². The van der Waals surface area contributed by atoms with Gasteiger partial charge in [0.15, 0.2) is 0 Å². The van der Waals surface area contributed by atoms with E-state index in [0.717, 1.165) is 54.1 Å². The average molecular weight is 462 g/mol. The van der Waals surface area contributed by atoms with Crippen LogP contribution >= 0.6 is 0 Å². The molecule has 0 aromatic carbocycles. The van der Waals surface area contributed by atoms with Crippen molar-refractivity contribution in [2.24, 2.45) is 0 Å². The molecule has 0 amide bonds. The fraction of sp³-hybridized carbons (Fsp3) is 0.440. The number of nitrogens with one attached hydrogen (secondary N) is 1. The maximum atomic E-state index is 13.4. The van der Waals surface area contributed by atoms with Crippen molar-refractivity contribution in [2.45, 2.75) is 57.6 Å². The van der Waals surface area contributed by atoms with Crippen LogP contribution in [0, 0.1) is 12.7 Å². The first-order valence-corrected chi connectivity index (χ1v) is 12.0. The highest BCUT2D eigenvalue weighted by Gasteiger charge is 2.30. The van der Waals surface area contributed by atoms with Crippen molar-refractivity contribution >= 4 is 5.52 Å². The Hall–Kier alpha value is -3.33. The highest BCUT2D eigenvalue weighted by molar-refractivity contribution is 5.73. The van der Waals surface area contributed by atoms with Crippen LogP contribution in [0.15, 0.2) is 36.8 Å². The highest BCUT2D eigenvalue weighted by Crippen LogP contribution is 2.45. The summed E-state index contributed by atoms with van der Waals surface area (Å²) >= 11 is 0. The lowest BCUT2D eigenvalue weighted by Crippen LogP contribution is -2.30. The molecular weight excluding hydrogens is 433 g/mol. The summed E-state index contributed by atoms with van der Waals surface area (Å²) in [5.41, 5.74) is 5.64. The maximum Gasteiger partial charge on any atom is 0.147 e. The summed E-state index contributed by atoms with van der Waals surface area (Å²) in [5.74, 6) is 0.887. The van der Waals surface area contributed by atoms with Crippen molar-refractivity contribution in [1.29, 1.82) is 0 Å². The van der Waals surface area contributed by atoms with Gasteiger partial charge in [0, 0.05) is 17.3 Å². The van der Waals surface area contributed by atoms with Gasteiger partial charge in [-0.2, -0.15) is 5.10 Å². The largest absolute Gasteiger partial charge is 0.482 e. The standard InChI is InChI=1S/C25H28FN7O/c1-15-24(30-31-33(15)20-7-9-27-10-8-20)18-11-23(34-16(2)22-6-5-19(26)12-28-22)25-21(17-3-4-17)13-29-32(25)14-18/h5-6,11-14,16-17,20,27H,3-4,7-10H2,1-2H3/t16-/m1/s1. The van der Waals surface area contributed by atoms with Gasteiger partial charge in [-0.05, 0) is 76.7 Å². The van der Waals surface area contributed by atoms with Gasteiger partial charge in [0.25, 0.3) is 0 Å². The molecule has 1 N–H and O–H groups in total. The van der Waals surface area contributed by atoms with E-state index in [-0.39, 0.29) is 11.9 Å². The normalized spacial score (nSPS) is 17.9. The number of hydrogen-bond donors (Lipinski definition) is 1. The number of aromatic nitrogens is 6. The molecular formula is C25H28FN7O. The van der Waals surface area contributed by atoms with Crippen LogP contribution in [0.4, 0.5) is 4.39 Å². The molecule has 1 saturated carbocycles. The van der Waals surface area contributed by atoms with Crippen LogP contribution in [0.5, 0.6) is 5.75 Å². The number of rotatable bonds is 6. The third kappa shape index (κ3) is 3.83. The number of piperidine rings is 1. The topological polar surface area (TPSA) is 82.2 Å². The van der Waals surface area contributed by atoms with Gasteiger partial charge in [-0.15, -0.1) is 5.10 Å². The van der Waals surface area contributed by atoms with E-state index < -0.39 is 0 Å². The molecule has 1 saturated heterocycles. The van der Waals surface area contributed by atoms with Crippen molar-refractivity contribution < 1.29 is 9.13 Å². The summed E-state index contributed by atoms with van der Waals surface area (Å²) in [7, 11) is 0. The molecule has 4 aromatic heterocycles. The zero-order chi connectivity index (χ0) is 23.2. The molecule has 8 nitrogen and oxygen atoms in total. The van der Waals surface area contributed by atoms with E-state index >= 15 is 0 Å². The molecule has 0 spiro atoms. The van der Waals surface area contributed by atoms with Crippen molar-refractivity contribution in [1.82, 2.24) is 34.9 Å². The Bertz CT molecular complexity index is 1320. The van der Waals surface area contributed by atoms with Crippen molar-refractivity contribution in [3.8, 4) is 17.0 Å². The predicted molar refractivity (Wildman–Crippen MR) is 125 cm³/mol. The molecule has 0 bridgehead atoms. The molecule has 1 aliphatic carbocycles. The smallest absolute Gasteiger partial charge is 0.147 e. The van der Waals surface area contributed by atoms with Gasteiger partial charge in [-0.25, -0.2) is 13.6 Å². The summed E-state index contributed by atoms with van der Waals surface area (Å²) in [6.45, 7) is 5.99. The summed E-state index contributed by atoms with van der Waals surface area (Å²) < 4.78 is 23.8. The number of pyridine rings is 2. The summed E-state index contributed by atoms with van der Waals surface area (Å²) in [5, 5.41) is 17.1. The fourth-order valence-electron chi connectivity index (χ4n) is 4.90. The Morgan fingerprint density at radius 2 is 1.97 bits per heavy atom. The van der Waals surface area contributed by atoms with E-state index in [1.54, 1.807) is 6.07 Å². The Kier molecular flexibility index (Phi) is 5.28. The zero-order valence-corrected chi connectivity index (χ0v) is 19.4. The number of halogens is 1. The van der Waals surface area contributed by atoms with Crippen LogP contribution in [0.3, 0.4) is 0 Å². The Labute approximate surface area is 197 Å². The Morgan fingerprint density at radius 1 is 1.15 bits per heavy atom. The molecule has 0 radical (unpaired) electrons. The molecule has 4 aromatic rings. The van der Waals surface area contributed by atoms with E-state index in [9.17, 15) is 4.39 Å². The van der Waals surface area contributed by atoms with Gasteiger partial charge in [-0.3, -0.25) is 4.98 Å². The number of fused-ring (bicyclic) bond motifs is 1. The molecule has 6 rings (SSSR count). The summed E-state index contributed by atoms with van der Waals surface area (Å²) in [4.78, 5) is 4.21. The quantitative estimate of drug-likeness (QED) is 0.459. The molecule has 2 aliphatic rings. The maximum absolute atomic E-state index is 13.4. The van der Waals surface area contributed by atoms with Crippen LogP contribution < -0.4 is 10.1 Å². The van der Waals surface area contributed by atoms with Crippen LogP contribution in [-0.4, -0.2) is 42.7 Å². The minimum atomic E-state index is -0.362. The lowest BCUT2D eigenvalue weighted by Gasteiger charge is -2.23. The van der Waals surface area contributed by atoms with E-state index in [0.29, 0.717) is 17.7 Å². The Morgan fingerprint density at radius 3 is 2.71 bits per heavy atom. The lowest BCUT2D eigenvalue weighted by molar-refractivity contribution is 0.223. The lowest BCUT2D eigenvalue weighted by atomic mass is 10.1. The Balaban J connectivity index is 1.40. The molecule has 2 fully saturated rings. The van der Waals surface area contributed by atoms with Gasteiger partial charge in [0.2, 0.25) is 0 Å². The predicted octanol–water partition coefficient (Wildman–Crippen LogP) is 4.38. The number of hydrogen-bond acceptors (Lipinski definition) is 6. The third-order valence-corrected chi connectivity index (χ3v) is 6.95. The first kappa shape index (κ1) is 21.2. The van der Waals surface area contributed by atoms with E-state index in [1.807, 2.05) is 29.9 Å².